The summed E-state index contributed by atoms with van der Waals surface area (Å²) in [5.41, 5.74) is 0.627. The third kappa shape index (κ3) is 5.40. The molecule has 2 heterocycles. The van der Waals surface area contributed by atoms with Gasteiger partial charge in [0, 0.05) is 26.2 Å². The Morgan fingerprint density at radius 1 is 1.14 bits per heavy atom. The average molecular weight is 385 g/mol. The number of hydrogen-bond acceptors (Lipinski definition) is 7. The topological polar surface area (TPSA) is 79.8 Å². The highest BCUT2D eigenvalue weighted by Gasteiger charge is 2.34. The number of nitrogens with one attached hydrogen (secondary N) is 1. The quantitative estimate of drug-likeness (QED) is 0.847. The van der Waals surface area contributed by atoms with E-state index in [0.29, 0.717) is 12.4 Å². The van der Waals surface area contributed by atoms with Crippen molar-refractivity contribution in [3.8, 4) is 11.8 Å². The number of carbonyl (C=O) groups is 1. The number of benzene rings is 1. The van der Waals surface area contributed by atoms with Gasteiger partial charge in [0.1, 0.15) is 6.61 Å². The molecule has 1 aromatic carbocycles. The number of rotatable bonds is 5. The predicted molar refractivity (Wildman–Crippen MR) is 105 cm³/mol. The molecule has 1 saturated heterocycles. The Morgan fingerprint density at radius 3 is 2.39 bits per heavy atom. The maximum atomic E-state index is 12.8. The van der Waals surface area contributed by atoms with E-state index < -0.39 is 11.6 Å². The van der Waals surface area contributed by atoms with Gasteiger partial charge < -0.3 is 14.8 Å². The summed E-state index contributed by atoms with van der Waals surface area (Å²) in [6, 6.07) is 9.83. The van der Waals surface area contributed by atoms with Crippen LogP contribution in [0.1, 0.15) is 26.3 Å². The molecule has 0 saturated carbocycles. The van der Waals surface area contributed by atoms with E-state index in [9.17, 15) is 4.79 Å². The summed E-state index contributed by atoms with van der Waals surface area (Å²) in [7, 11) is 0. The molecule has 3 rings (SSSR count). The number of piperazine rings is 1. The SMILES string of the molecule is CC(C)(C)N(C(=O)Oc1ncc(OCc2ccccc2)cn1)N1CCNCC1. The highest BCUT2D eigenvalue weighted by molar-refractivity contribution is 5.70. The van der Waals surface area contributed by atoms with Crippen LogP contribution in [0.25, 0.3) is 0 Å². The second-order valence-electron chi connectivity index (χ2n) is 7.53. The van der Waals surface area contributed by atoms with Crippen molar-refractivity contribution in [2.24, 2.45) is 0 Å². The number of ether oxygens (including phenoxy) is 2. The fourth-order valence-electron chi connectivity index (χ4n) is 2.96. The molecule has 0 unspecified atom stereocenters. The molecule has 2 aromatic rings. The van der Waals surface area contributed by atoms with Gasteiger partial charge in [-0.2, -0.15) is 9.97 Å². The lowest BCUT2D eigenvalue weighted by molar-refractivity contribution is -0.0696. The molecule has 1 fully saturated rings. The summed E-state index contributed by atoms with van der Waals surface area (Å²) in [4.78, 5) is 21.0. The first-order valence-electron chi connectivity index (χ1n) is 9.40. The number of nitrogens with zero attached hydrogens (tertiary/aromatic N) is 4. The molecule has 0 atom stereocenters. The largest absolute Gasteiger partial charge is 0.486 e. The van der Waals surface area contributed by atoms with Gasteiger partial charge in [-0.25, -0.2) is 14.8 Å². The third-order valence-electron chi connectivity index (χ3n) is 4.22. The third-order valence-corrected chi connectivity index (χ3v) is 4.22. The van der Waals surface area contributed by atoms with Crippen molar-refractivity contribution in [3.05, 3.63) is 48.3 Å². The number of hydrazine groups is 1. The molecular formula is C20H27N5O3. The lowest BCUT2D eigenvalue weighted by Crippen LogP contribution is -2.61. The van der Waals surface area contributed by atoms with Crippen LogP contribution in [-0.2, 0) is 6.61 Å². The zero-order valence-corrected chi connectivity index (χ0v) is 16.6. The molecule has 1 N–H and O–H groups in total. The van der Waals surface area contributed by atoms with E-state index in [-0.39, 0.29) is 6.01 Å². The Labute approximate surface area is 165 Å². The molecule has 1 aromatic heterocycles. The summed E-state index contributed by atoms with van der Waals surface area (Å²) in [6.07, 6.45) is 2.52. The van der Waals surface area contributed by atoms with Gasteiger partial charge in [0.25, 0.3) is 0 Å². The van der Waals surface area contributed by atoms with Crippen molar-refractivity contribution in [2.45, 2.75) is 32.9 Å². The first-order chi connectivity index (χ1) is 13.4. The minimum absolute atomic E-state index is 0.00134. The smallest absolute Gasteiger partial charge is 0.432 e. The van der Waals surface area contributed by atoms with Crippen molar-refractivity contribution in [2.75, 3.05) is 26.2 Å². The van der Waals surface area contributed by atoms with Gasteiger partial charge in [-0.1, -0.05) is 30.3 Å². The molecule has 1 aliphatic heterocycles. The Bertz CT molecular complexity index is 756. The summed E-state index contributed by atoms with van der Waals surface area (Å²) in [6.45, 7) is 9.45. The Hall–Kier alpha value is -2.71. The van der Waals surface area contributed by atoms with Crippen LogP contribution in [0.5, 0.6) is 11.8 Å². The second kappa shape index (κ2) is 8.99. The first kappa shape index (κ1) is 20.0. The van der Waals surface area contributed by atoms with E-state index in [1.165, 1.54) is 12.4 Å². The average Bonchev–Trinajstić information content (AvgIpc) is 2.68. The van der Waals surface area contributed by atoms with Crippen LogP contribution in [0, 0.1) is 0 Å². The van der Waals surface area contributed by atoms with Crippen LogP contribution >= 0.6 is 0 Å². The lowest BCUT2D eigenvalue weighted by atomic mass is 10.1. The molecule has 0 radical (unpaired) electrons. The van der Waals surface area contributed by atoms with E-state index >= 15 is 0 Å². The van der Waals surface area contributed by atoms with Gasteiger partial charge in [-0.05, 0) is 26.3 Å². The Morgan fingerprint density at radius 2 is 1.79 bits per heavy atom. The summed E-state index contributed by atoms with van der Waals surface area (Å²) >= 11 is 0. The van der Waals surface area contributed by atoms with Gasteiger partial charge in [0.2, 0.25) is 0 Å². The maximum absolute atomic E-state index is 12.8. The van der Waals surface area contributed by atoms with Gasteiger partial charge >= 0.3 is 12.1 Å². The van der Waals surface area contributed by atoms with Crippen LogP contribution in [-0.4, -0.2) is 57.8 Å². The van der Waals surface area contributed by atoms with Crippen molar-refractivity contribution in [1.29, 1.82) is 0 Å². The predicted octanol–water partition coefficient (Wildman–Crippen LogP) is 2.48. The first-order valence-corrected chi connectivity index (χ1v) is 9.40. The van der Waals surface area contributed by atoms with Crippen LogP contribution in [0.15, 0.2) is 42.7 Å². The van der Waals surface area contributed by atoms with Gasteiger partial charge in [0.05, 0.1) is 17.9 Å². The highest BCUT2D eigenvalue weighted by Crippen LogP contribution is 2.20. The van der Waals surface area contributed by atoms with Crippen molar-refractivity contribution in [1.82, 2.24) is 25.3 Å². The van der Waals surface area contributed by atoms with E-state index in [4.69, 9.17) is 9.47 Å². The fraction of sp³-hybridized carbons (Fsp3) is 0.450. The Kier molecular flexibility index (Phi) is 6.43. The van der Waals surface area contributed by atoms with Gasteiger partial charge in [-0.15, -0.1) is 0 Å². The molecule has 0 spiro atoms. The normalized spacial score (nSPS) is 15.1. The van der Waals surface area contributed by atoms with Gasteiger partial charge in [-0.3, -0.25) is 0 Å². The van der Waals surface area contributed by atoms with E-state index in [1.807, 2.05) is 56.1 Å². The van der Waals surface area contributed by atoms with E-state index in [0.717, 1.165) is 31.7 Å². The summed E-state index contributed by atoms with van der Waals surface area (Å²) in [5.74, 6) is 0.512. The highest BCUT2D eigenvalue weighted by atomic mass is 16.6. The number of carbonyl (C=O) groups excluding carboxylic acids is 1. The molecule has 8 heteroatoms. The zero-order valence-electron chi connectivity index (χ0n) is 16.6. The van der Waals surface area contributed by atoms with Gasteiger partial charge in [0.15, 0.2) is 5.75 Å². The molecule has 1 amide bonds. The summed E-state index contributed by atoms with van der Waals surface area (Å²) < 4.78 is 11.1. The lowest BCUT2D eigenvalue weighted by Gasteiger charge is -2.44. The molecule has 8 nitrogen and oxygen atoms in total. The van der Waals surface area contributed by atoms with Crippen LogP contribution in [0.3, 0.4) is 0 Å². The molecular weight excluding hydrogens is 358 g/mol. The van der Waals surface area contributed by atoms with E-state index in [2.05, 4.69) is 15.3 Å². The van der Waals surface area contributed by atoms with Crippen molar-refractivity contribution < 1.29 is 14.3 Å². The monoisotopic (exact) mass is 385 g/mol. The molecule has 0 aliphatic carbocycles. The Balaban J connectivity index is 1.60. The van der Waals surface area contributed by atoms with Crippen LogP contribution in [0.4, 0.5) is 4.79 Å². The summed E-state index contributed by atoms with van der Waals surface area (Å²) in [5, 5.41) is 6.91. The standard InChI is InChI=1S/C20H27N5O3/c1-20(2,3)25(24-11-9-21-10-12-24)19(26)28-18-22-13-17(14-23-18)27-15-16-7-5-4-6-8-16/h4-8,13-14,21H,9-12,15H2,1-3H3. The van der Waals surface area contributed by atoms with E-state index in [1.54, 1.807) is 5.01 Å². The minimum atomic E-state index is -0.493. The molecule has 28 heavy (non-hydrogen) atoms. The maximum Gasteiger partial charge on any atom is 0.432 e. The zero-order chi connectivity index (χ0) is 20.0. The number of aromatic nitrogens is 2. The molecule has 150 valence electrons. The van der Waals surface area contributed by atoms with Crippen LogP contribution in [0.2, 0.25) is 0 Å². The second-order valence-corrected chi connectivity index (χ2v) is 7.53. The molecule has 1 aliphatic rings. The number of amides is 1. The van der Waals surface area contributed by atoms with Crippen molar-refractivity contribution >= 4 is 6.09 Å². The number of hydrogen-bond donors (Lipinski definition) is 1. The van der Waals surface area contributed by atoms with Crippen molar-refractivity contribution in [3.63, 3.8) is 0 Å². The molecule has 0 bridgehead atoms. The van der Waals surface area contributed by atoms with Crippen LogP contribution < -0.4 is 14.8 Å². The fourth-order valence-corrected chi connectivity index (χ4v) is 2.96. The minimum Gasteiger partial charge on any atom is -0.486 e.